The monoisotopic (exact) mass is 405 g/mol. The number of aryl methyl sites for hydroxylation is 1. The molecule has 4 aliphatic heterocycles. The molecular formula is C23H20FN3O3. The van der Waals surface area contributed by atoms with Crippen molar-refractivity contribution in [3.8, 4) is 0 Å². The summed E-state index contributed by atoms with van der Waals surface area (Å²) < 4.78 is 14.2. The second kappa shape index (κ2) is 5.76. The Kier molecular flexibility index (Phi) is 3.41. The normalized spacial score (nSPS) is 32.0. The summed E-state index contributed by atoms with van der Waals surface area (Å²) in [5.41, 5.74) is 1.19. The molecule has 0 saturated carbocycles. The molecule has 2 aromatic rings. The number of amides is 3. The number of imide groups is 1. The number of rotatable bonds is 1. The van der Waals surface area contributed by atoms with Crippen molar-refractivity contribution in [2.75, 3.05) is 16.8 Å². The van der Waals surface area contributed by atoms with Gasteiger partial charge in [-0.3, -0.25) is 19.3 Å². The van der Waals surface area contributed by atoms with E-state index in [2.05, 4.69) is 5.32 Å². The molecule has 0 bridgehead atoms. The van der Waals surface area contributed by atoms with Gasteiger partial charge in [0.2, 0.25) is 17.7 Å². The van der Waals surface area contributed by atoms with Crippen molar-refractivity contribution < 1.29 is 18.8 Å². The van der Waals surface area contributed by atoms with Crippen LogP contribution in [0.1, 0.15) is 24.0 Å². The zero-order valence-electron chi connectivity index (χ0n) is 16.4. The molecule has 0 aliphatic carbocycles. The number of hydrogen-bond acceptors (Lipinski definition) is 4. The molecule has 0 aromatic heterocycles. The lowest BCUT2D eigenvalue weighted by atomic mass is 9.75. The van der Waals surface area contributed by atoms with E-state index in [0.717, 1.165) is 18.4 Å². The molecule has 7 heteroatoms. The van der Waals surface area contributed by atoms with Gasteiger partial charge in [0.05, 0.1) is 17.5 Å². The van der Waals surface area contributed by atoms with Gasteiger partial charge < -0.3 is 5.32 Å². The third kappa shape index (κ3) is 1.94. The average Bonchev–Trinajstić information content (AvgIpc) is 3.42. The number of anilines is 2. The summed E-state index contributed by atoms with van der Waals surface area (Å²) in [6.07, 6.45) is 1.57. The Morgan fingerprint density at radius 1 is 1.07 bits per heavy atom. The molecule has 1 spiro atoms. The van der Waals surface area contributed by atoms with Crippen LogP contribution in [-0.2, 0) is 19.9 Å². The summed E-state index contributed by atoms with van der Waals surface area (Å²) >= 11 is 0. The third-order valence-electron chi connectivity index (χ3n) is 7.25. The zero-order valence-corrected chi connectivity index (χ0v) is 16.4. The first-order valence-corrected chi connectivity index (χ1v) is 10.3. The number of carbonyl (C=O) groups excluding carboxylic acids is 3. The van der Waals surface area contributed by atoms with Gasteiger partial charge in [0.1, 0.15) is 11.4 Å². The van der Waals surface area contributed by atoms with Gasteiger partial charge in [0, 0.05) is 17.3 Å². The van der Waals surface area contributed by atoms with Crippen LogP contribution in [0.5, 0.6) is 0 Å². The molecule has 4 heterocycles. The Balaban J connectivity index is 1.56. The molecule has 30 heavy (non-hydrogen) atoms. The molecule has 0 radical (unpaired) electrons. The van der Waals surface area contributed by atoms with E-state index in [1.807, 2.05) is 24.0 Å². The van der Waals surface area contributed by atoms with E-state index < -0.39 is 23.2 Å². The highest BCUT2D eigenvalue weighted by atomic mass is 19.1. The van der Waals surface area contributed by atoms with Gasteiger partial charge in [0.25, 0.3) is 0 Å². The Bertz CT molecular complexity index is 1130. The number of carbonyl (C=O) groups is 3. The number of benzene rings is 2. The smallest absolute Gasteiger partial charge is 0.250 e. The summed E-state index contributed by atoms with van der Waals surface area (Å²) in [5.74, 6) is -2.91. The number of nitrogens with one attached hydrogen (secondary N) is 1. The molecule has 6 rings (SSSR count). The molecule has 1 N–H and O–H groups in total. The van der Waals surface area contributed by atoms with Crippen molar-refractivity contribution in [1.29, 1.82) is 0 Å². The molecule has 3 amide bonds. The van der Waals surface area contributed by atoms with Crippen LogP contribution < -0.4 is 10.2 Å². The van der Waals surface area contributed by atoms with E-state index in [4.69, 9.17) is 0 Å². The number of halogens is 1. The Morgan fingerprint density at radius 3 is 2.60 bits per heavy atom. The minimum Gasteiger partial charge on any atom is -0.324 e. The number of nitrogens with zero attached hydrogens (tertiary/aromatic N) is 2. The fraction of sp³-hybridized carbons (Fsp3) is 0.348. The fourth-order valence-electron chi connectivity index (χ4n) is 6.12. The van der Waals surface area contributed by atoms with Gasteiger partial charge in [-0.05, 0) is 56.6 Å². The largest absolute Gasteiger partial charge is 0.324 e. The third-order valence-corrected chi connectivity index (χ3v) is 7.25. The predicted octanol–water partition coefficient (Wildman–Crippen LogP) is 2.57. The van der Waals surface area contributed by atoms with Crippen LogP contribution in [0, 0.1) is 24.6 Å². The fourth-order valence-corrected chi connectivity index (χ4v) is 6.12. The quantitative estimate of drug-likeness (QED) is 0.741. The lowest BCUT2D eigenvalue weighted by Gasteiger charge is -2.36. The first-order chi connectivity index (χ1) is 14.4. The minimum absolute atomic E-state index is 0.207. The maximum atomic E-state index is 14.2. The first-order valence-electron chi connectivity index (χ1n) is 10.3. The van der Waals surface area contributed by atoms with Crippen molar-refractivity contribution in [2.45, 2.75) is 31.3 Å². The van der Waals surface area contributed by atoms with Gasteiger partial charge in [0.15, 0.2) is 0 Å². The highest BCUT2D eigenvalue weighted by Crippen LogP contribution is 2.60. The van der Waals surface area contributed by atoms with Crippen LogP contribution in [0.3, 0.4) is 0 Å². The van der Waals surface area contributed by atoms with E-state index in [1.54, 1.807) is 12.1 Å². The lowest BCUT2D eigenvalue weighted by Crippen LogP contribution is -2.54. The summed E-state index contributed by atoms with van der Waals surface area (Å²) in [6.45, 7) is 2.54. The molecule has 0 unspecified atom stereocenters. The number of hydrogen-bond donors (Lipinski definition) is 1. The van der Waals surface area contributed by atoms with Crippen LogP contribution in [-0.4, -0.2) is 35.2 Å². The summed E-state index contributed by atoms with van der Waals surface area (Å²) in [5, 5.41) is 2.85. The molecule has 4 atom stereocenters. The average molecular weight is 405 g/mol. The van der Waals surface area contributed by atoms with Crippen LogP contribution in [0.2, 0.25) is 0 Å². The maximum Gasteiger partial charge on any atom is 0.250 e. The standard InChI is InChI=1S/C23H20FN3O3/c1-12-4-7-14(8-5-12)27-20(28)18-17-3-2-10-26(17)23(19(18)21(27)29)15-11-13(24)6-9-16(15)25-22(23)30/h4-9,11,17-19H,2-3,10H2,1H3,(H,25,30)/t17-,18+,19-,23-/m0/s1. The molecule has 152 valence electrons. The summed E-state index contributed by atoms with van der Waals surface area (Å²) in [4.78, 5) is 43.9. The molecule has 3 saturated heterocycles. The summed E-state index contributed by atoms with van der Waals surface area (Å²) in [7, 11) is 0. The van der Waals surface area contributed by atoms with E-state index in [0.29, 0.717) is 23.5 Å². The van der Waals surface area contributed by atoms with Crippen LogP contribution in [0.4, 0.5) is 15.8 Å². The van der Waals surface area contributed by atoms with Crippen molar-refractivity contribution in [1.82, 2.24) is 4.90 Å². The van der Waals surface area contributed by atoms with Crippen LogP contribution in [0.25, 0.3) is 0 Å². The lowest BCUT2D eigenvalue weighted by molar-refractivity contribution is -0.135. The second-order valence-corrected chi connectivity index (χ2v) is 8.66. The zero-order chi connectivity index (χ0) is 20.8. The highest BCUT2D eigenvalue weighted by molar-refractivity contribution is 6.25. The van der Waals surface area contributed by atoms with Crippen LogP contribution in [0.15, 0.2) is 42.5 Å². The van der Waals surface area contributed by atoms with Gasteiger partial charge in [-0.15, -0.1) is 0 Å². The second-order valence-electron chi connectivity index (χ2n) is 8.66. The molecule has 2 aromatic carbocycles. The first kappa shape index (κ1) is 17.8. The van der Waals surface area contributed by atoms with Gasteiger partial charge in [-0.1, -0.05) is 17.7 Å². The highest BCUT2D eigenvalue weighted by Gasteiger charge is 2.74. The van der Waals surface area contributed by atoms with Crippen LogP contribution >= 0.6 is 0 Å². The van der Waals surface area contributed by atoms with Crippen molar-refractivity contribution in [3.63, 3.8) is 0 Å². The molecule has 3 fully saturated rings. The van der Waals surface area contributed by atoms with E-state index >= 15 is 0 Å². The topological polar surface area (TPSA) is 69.7 Å². The van der Waals surface area contributed by atoms with E-state index in [9.17, 15) is 18.8 Å². The van der Waals surface area contributed by atoms with Gasteiger partial charge in [-0.2, -0.15) is 0 Å². The molecule has 4 aliphatic rings. The Hall–Kier alpha value is -3.06. The van der Waals surface area contributed by atoms with Gasteiger partial charge >= 0.3 is 0 Å². The van der Waals surface area contributed by atoms with Crippen molar-refractivity contribution in [2.24, 2.45) is 11.8 Å². The van der Waals surface area contributed by atoms with Gasteiger partial charge in [-0.25, -0.2) is 9.29 Å². The SMILES string of the molecule is Cc1ccc(N2C(=O)[C@H]3[C@@H](C2=O)[C@@]2(C(=O)Nc4ccc(F)cc42)N2CCC[C@@H]32)cc1. The Labute approximate surface area is 172 Å². The van der Waals surface area contributed by atoms with E-state index in [-0.39, 0.29) is 23.8 Å². The molecule has 6 nitrogen and oxygen atoms in total. The summed E-state index contributed by atoms with van der Waals surface area (Å²) in [6, 6.07) is 11.2. The van der Waals surface area contributed by atoms with E-state index in [1.165, 1.54) is 23.1 Å². The van der Waals surface area contributed by atoms with Crippen molar-refractivity contribution in [3.05, 3.63) is 59.4 Å². The predicted molar refractivity (Wildman–Crippen MR) is 107 cm³/mol. The number of fused-ring (bicyclic) bond motifs is 7. The van der Waals surface area contributed by atoms with Crippen molar-refractivity contribution >= 4 is 29.1 Å². The maximum absolute atomic E-state index is 14.2. The minimum atomic E-state index is -1.34. The molecular weight excluding hydrogens is 385 g/mol. The Morgan fingerprint density at radius 2 is 1.83 bits per heavy atom.